The maximum absolute atomic E-state index is 10.9. The van der Waals surface area contributed by atoms with Gasteiger partial charge in [-0.15, -0.1) is 24.8 Å². The van der Waals surface area contributed by atoms with Crippen molar-refractivity contribution in [3.05, 3.63) is 70.3 Å². The van der Waals surface area contributed by atoms with Crippen molar-refractivity contribution in [1.82, 2.24) is 10.2 Å². The molecule has 3 nitrogen and oxygen atoms in total. The fraction of sp³-hybridized carbons (Fsp3) is 0.519. The molecule has 176 valence electrons. The van der Waals surface area contributed by atoms with Gasteiger partial charge < -0.3 is 10.1 Å². The third-order valence-corrected chi connectivity index (χ3v) is 7.06. The zero-order valence-electron chi connectivity index (χ0n) is 19.2. The Kier molecular flexibility index (Phi) is 11.2. The van der Waals surface area contributed by atoms with Crippen LogP contribution in [0, 0.1) is 12.8 Å². The van der Waals surface area contributed by atoms with E-state index in [1.165, 1.54) is 35.1 Å². The molecule has 2 heterocycles. The molecule has 2 aliphatic rings. The lowest BCUT2D eigenvalue weighted by atomic mass is 9.77. The van der Waals surface area contributed by atoms with Crippen molar-refractivity contribution in [3.8, 4) is 0 Å². The van der Waals surface area contributed by atoms with Crippen molar-refractivity contribution in [1.29, 1.82) is 0 Å². The van der Waals surface area contributed by atoms with Crippen LogP contribution in [-0.2, 0) is 24.2 Å². The minimum atomic E-state index is 0. The molecule has 0 amide bonds. The lowest BCUT2D eigenvalue weighted by Gasteiger charge is -2.39. The number of aldehydes is 1. The van der Waals surface area contributed by atoms with Crippen LogP contribution in [0.1, 0.15) is 59.4 Å². The molecule has 0 spiro atoms. The van der Waals surface area contributed by atoms with E-state index in [-0.39, 0.29) is 24.8 Å². The number of hydrogen-bond acceptors (Lipinski definition) is 3. The van der Waals surface area contributed by atoms with Gasteiger partial charge in [0.25, 0.3) is 0 Å². The van der Waals surface area contributed by atoms with E-state index >= 15 is 0 Å². The number of hydrogen-bond donors (Lipinski definition) is 1. The van der Waals surface area contributed by atoms with Crippen molar-refractivity contribution >= 4 is 31.1 Å². The number of piperidine rings is 1. The summed E-state index contributed by atoms with van der Waals surface area (Å²) in [5.74, 6) is 1.25. The van der Waals surface area contributed by atoms with Crippen LogP contribution in [0.4, 0.5) is 0 Å². The second-order valence-electron chi connectivity index (χ2n) is 9.25. The third kappa shape index (κ3) is 7.05. The number of carbonyl (C=O) groups excluding carboxylic acids is 1. The molecule has 0 aliphatic carbocycles. The Morgan fingerprint density at radius 3 is 2.53 bits per heavy atom. The predicted octanol–water partition coefficient (Wildman–Crippen LogP) is 5.50. The van der Waals surface area contributed by atoms with Crippen LogP contribution < -0.4 is 5.32 Å². The maximum atomic E-state index is 10.9. The molecule has 2 unspecified atom stereocenters. The Balaban J connectivity index is 0.00000181. The number of rotatable bonds is 7. The van der Waals surface area contributed by atoms with Crippen LogP contribution in [0.2, 0.25) is 0 Å². The molecule has 1 fully saturated rings. The van der Waals surface area contributed by atoms with E-state index in [0.29, 0.717) is 18.3 Å². The fourth-order valence-electron chi connectivity index (χ4n) is 5.27. The second-order valence-corrected chi connectivity index (χ2v) is 9.25. The fourth-order valence-corrected chi connectivity index (χ4v) is 5.27. The molecule has 1 N–H and O–H groups in total. The SMILES string of the molecule is Cc1ccc(CN2CCC(CCCC=O)C(c3ccc4c(c3)CCNCC4)C2)cc1.Cl.Cl. The van der Waals surface area contributed by atoms with Crippen LogP contribution in [-0.4, -0.2) is 37.4 Å². The molecule has 1 saturated heterocycles. The zero-order valence-corrected chi connectivity index (χ0v) is 20.9. The molecule has 2 aromatic carbocycles. The molecule has 2 aliphatic heterocycles. The monoisotopic (exact) mass is 476 g/mol. The molecule has 4 rings (SSSR count). The van der Waals surface area contributed by atoms with Gasteiger partial charge >= 0.3 is 0 Å². The van der Waals surface area contributed by atoms with Crippen molar-refractivity contribution in [2.75, 3.05) is 26.2 Å². The lowest BCUT2D eigenvalue weighted by Crippen LogP contribution is -2.39. The van der Waals surface area contributed by atoms with Gasteiger partial charge in [-0.3, -0.25) is 4.90 Å². The highest BCUT2D eigenvalue weighted by molar-refractivity contribution is 5.85. The summed E-state index contributed by atoms with van der Waals surface area (Å²) in [6, 6.07) is 16.3. The van der Waals surface area contributed by atoms with E-state index < -0.39 is 0 Å². The van der Waals surface area contributed by atoms with Gasteiger partial charge in [0, 0.05) is 19.5 Å². The van der Waals surface area contributed by atoms with Gasteiger partial charge in [-0.25, -0.2) is 0 Å². The summed E-state index contributed by atoms with van der Waals surface area (Å²) in [6.45, 7) is 7.64. The van der Waals surface area contributed by atoms with Gasteiger partial charge in [0.05, 0.1) is 0 Å². The van der Waals surface area contributed by atoms with Gasteiger partial charge in [-0.2, -0.15) is 0 Å². The number of carbonyl (C=O) groups is 1. The Labute approximate surface area is 206 Å². The Hall–Kier alpha value is -1.39. The van der Waals surface area contributed by atoms with Gasteiger partial charge in [0.15, 0.2) is 0 Å². The number of unbranched alkanes of at least 4 members (excludes halogenated alkanes) is 1. The number of nitrogens with one attached hydrogen (secondary N) is 1. The summed E-state index contributed by atoms with van der Waals surface area (Å²) in [5, 5.41) is 3.53. The summed E-state index contributed by atoms with van der Waals surface area (Å²) < 4.78 is 0. The van der Waals surface area contributed by atoms with Crippen molar-refractivity contribution in [2.45, 2.75) is 57.9 Å². The third-order valence-electron chi connectivity index (χ3n) is 7.06. The van der Waals surface area contributed by atoms with E-state index in [9.17, 15) is 4.79 Å². The number of benzene rings is 2. The molecule has 5 heteroatoms. The normalized spacial score (nSPS) is 20.9. The van der Waals surface area contributed by atoms with Crippen LogP contribution in [0.3, 0.4) is 0 Å². The van der Waals surface area contributed by atoms with E-state index in [0.717, 1.165) is 58.3 Å². The average Bonchev–Trinajstić information content (AvgIpc) is 3.01. The molecule has 0 radical (unpaired) electrons. The highest BCUT2D eigenvalue weighted by Crippen LogP contribution is 2.37. The Morgan fingerprint density at radius 1 is 1.03 bits per heavy atom. The van der Waals surface area contributed by atoms with E-state index in [4.69, 9.17) is 0 Å². The van der Waals surface area contributed by atoms with Crippen LogP contribution >= 0.6 is 24.8 Å². The molecular weight excluding hydrogens is 439 g/mol. The smallest absolute Gasteiger partial charge is 0.119 e. The van der Waals surface area contributed by atoms with E-state index in [1.807, 2.05) is 0 Å². The molecule has 32 heavy (non-hydrogen) atoms. The quantitative estimate of drug-likeness (QED) is 0.422. The molecule has 0 saturated carbocycles. The summed E-state index contributed by atoms with van der Waals surface area (Å²) in [6.07, 6.45) is 7.48. The molecule has 0 bridgehead atoms. The highest BCUT2D eigenvalue weighted by atomic mass is 35.5. The van der Waals surface area contributed by atoms with Gasteiger partial charge in [0.2, 0.25) is 0 Å². The van der Waals surface area contributed by atoms with Crippen LogP contribution in [0.15, 0.2) is 42.5 Å². The van der Waals surface area contributed by atoms with Gasteiger partial charge in [-0.1, -0.05) is 48.0 Å². The minimum Gasteiger partial charge on any atom is -0.316 e. The average molecular weight is 478 g/mol. The van der Waals surface area contributed by atoms with Gasteiger partial charge in [0.1, 0.15) is 6.29 Å². The molecule has 0 aromatic heterocycles. The second kappa shape index (κ2) is 13.3. The first-order chi connectivity index (χ1) is 14.7. The van der Waals surface area contributed by atoms with E-state index in [2.05, 4.69) is 59.6 Å². The van der Waals surface area contributed by atoms with Crippen molar-refractivity contribution in [2.24, 2.45) is 5.92 Å². The summed E-state index contributed by atoms with van der Waals surface area (Å²) in [5.41, 5.74) is 7.31. The molecule has 2 atom stereocenters. The number of fused-ring (bicyclic) bond motifs is 1. The van der Waals surface area contributed by atoms with Crippen molar-refractivity contribution in [3.63, 3.8) is 0 Å². The summed E-state index contributed by atoms with van der Waals surface area (Å²) in [4.78, 5) is 13.5. The number of nitrogens with zero attached hydrogens (tertiary/aromatic N) is 1. The van der Waals surface area contributed by atoms with Crippen LogP contribution in [0.5, 0.6) is 0 Å². The largest absolute Gasteiger partial charge is 0.316 e. The number of halogens is 2. The Bertz CT molecular complexity index is 840. The van der Waals surface area contributed by atoms with Crippen LogP contribution in [0.25, 0.3) is 0 Å². The number of likely N-dealkylation sites (tertiary alicyclic amines) is 1. The zero-order chi connectivity index (χ0) is 20.8. The predicted molar refractivity (Wildman–Crippen MR) is 138 cm³/mol. The Morgan fingerprint density at radius 2 is 1.78 bits per heavy atom. The topological polar surface area (TPSA) is 32.3 Å². The standard InChI is InChI=1S/C27H36N2O.2ClH/c1-21-5-7-22(8-6-21)19-29-16-13-24(4-2-3-17-30)27(20-29)26-10-9-23-11-14-28-15-12-25(23)18-26;;/h5-10,17-18,24,27-28H,2-4,11-16,19-20H2,1H3;2*1H. The highest BCUT2D eigenvalue weighted by Gasteiger charge is 2.30. The molecule has 2 aromatic rings. The first kappa shape index (κ1) is 26.9. The minimum absolute atomic E-state index is 0. The lowest BCUT2D eigenvalue weighted by molar-refractivity contribution is -0.108. The van der Waals surface area contributed by atoms with Crippen molar-refractivity contribution < 1.29 is 4.79 Å². The summed E-state index contributed by atoms with van der Waals surface area (Å²) in [7, 11) is 0. The maximum Gasteiger partial charge on any atom is 0.119 e. The van der Waals surface area contributed by atoms with Gasteiger partial charge in [-0.05, 0) is 92.8 Å². The number of aryl methyl sites for hydroxylation is 1. The summed E-state index contributed by atoms with van der Waals surface area (Å²) >= 11 is 0. The van der Waals surface area contributed by atoms with E-state index in [1.54, 1.807) is 5.56 Å². The first-order valence-electron chi connectivity index (χ1n) is 11.8. The molecular formula is C27H38Cl2N2O. The first-order valence-corrected chi connectivity index (χ1v) is 11.8.